The number of oxazole rings is 1. The largest absolute Gasteiger partial charge is 0.507 e. The zero-order chi connectivity index (χ0) is 21.4. The fraction of sp³-hybridized carbons (Fsp3) is 0.0476. The van der Waals surface area contributed by atoms with Gasteiger partial charge in [0, 0.05) is 30.0 Å². The number of aliphatic imine (C=N–C) groups is 1. The number of benzene rings is 3. The number of nitro groups is 1. The Labute approximate surface area is 178 Å². The molecule has 0 spiro atoms. The van der Waals surface area contributed by atoms with Crippen molar-refractivity contribution >= 4 is 44.6 Å². The first-order valence-corrected chi connectivity index (χ1v) is 9.52. The Morgan fingerprint density at radius 1 is 1.17 bits per heavy atom. The minimum absolute atomic E-state index is 0.0858. The minimum atomic E-state index is -0.565. The predicted octanol–water partition coefficient (Wildman–Crippen LogP) is 5.64. The maximum absolute atomic E-state index is 11.0. The normalized spacial score (nSPS) is 11.4. The number of phenols is 2. The quantitative estimate of drug-likeness (QED) is 0.227. The van der Waals surface area contributed by atoms with Gasteiger partial charge in [-0.1, -0.05) is 6.07 Å². The highest BCUT2D eigenvalue weighted by Gasteiger charge is 2.15. The Hall–Kier alpha value is -3.72. The molecule has 4 rings (SSSR count). The maximum atomic E-state index is 11.0. The summed E-state index contributed by atoms with van der Waals surface area (Å²) in [6.45, 7) is 1.95. The molecule has 0 aliphatic rings. The van der Waals surface area contributed by atoms with Crippen LogP contribution in [0.2, 0.25) is 0 Å². The van der Waals surface area contributed by atoms with Crippen LogP contribution in [0.3, 0.4) is 0 Å². The van der Waals surface area contributed by atoms with Gasteiger partial charge in [-0.05, 0) is 52.7 Å². The van der Waals surface area contributed by atoms with Crippen LogP contribution < -0.4 is 0 Å². The third kappa shape index (κ3) is 3.74. The van der Waals surface area contributed by atoms with Crippen LogP contribution in [0.15, 0.2) is 62.4 Å². The van der Waals surface area contributed by atoms with Crippen molar-refractivity contribution in [3.8, 4) is 23.0 Å². The van der Waals surface area contributed by atoms with Crippen molar-refractivity contribution in [2.75, 3.05) is 0 Å². The van der Waals surface area contributed by atoms with Crippen LogP contribution in [0.1, 0.15) is 11.1 Å². The van der Waals surface area contributed by atoms with Crippen molar-refractivity contribution in [1.29, 1.82) is 0 Å². The first kappa shape index (κ1) is 19.6. The molecule has 0 radical (unpaired) electrons. The monoisotopic (exact) mass is 467 g/mol. The molecular weight excluding hydrogens is 454 g/mol. The number of fused-ring (bicyclic) bond motifs is 1. The van der Waals surface area contributed by atoms with Crippen LogP contribution in [-0.4, -0.2) is 26.3 Å². The van der Waals surface area contributed by atoms with Crippen LogP contribution in [0.4, 0.5) is 11.4 Å². The first-order valence-electron chi connectivity index (χ1n) is 8.73. The Kier molecular flexibility index (Phi) is 4.96. The Bertz CT molecular complexity index is 1330. The Morgan fingerprint density at radius 3 is 2.70 bits per heavy atom. The van der Waals surface area contributed by atoms with Gasteiger partial charge in [-0.3, -0.25) is 15.1 Å². The van der Waals surface area contributed by atoms with E-state index in [1.54, 1.807) is 12.1 Å². The molecular formula is C21H14BrN3O5. The average Bonchev–Trinajstić information content (AvgIpc) is 3.11. The second-order valence-corrected chi connectivity index (χ2v) is 7.43. The molecule has 0 fully saturated rings. The van der Waals surface area contributed by atoms with Gasteiger partial charge in [0.05, 0.1) is 20.6 Å². The molecule has 8 nitrogen and oxygen atoms in total. The number of aromatic nitrogens is 1. The number of halogens is 1. The Balaban J connectivity index is 1.66. The molecule has 30 heavy (non-hydrogen) atoms. The molecule has 9 heteroatoms. The van der Waals surface area contributed by atoms with Gasteiger partial charge < -0.3 is 14.6 Å². The number of non-ortho nitro benzene ring substituents is 1. The summed E-state index contributed by atoms with van der Waals surface area (Å²) in [5, 5.41) is 31.5. The lowest BCUT2D eigenvalue weighted by atomic mass is 10.1. The number of aromatic hydroxyl groups is 2. The summed E-state index contributed by atoms with van der Waals surface area (Å²) < 4.78 is 5.89. The van der Waals surface area contributed by atoms with E-state index in [9.17, 15) is 20.3 Å². The smallest absolute Gasteiger partial charge is 0.271 e. The van der Waals surface area contributed by atoms with Gasteiger partial charge in [-0.15, -0.1) is 0 Å². The van der Waals surface area contributed by atoms with Gasteiger partial charge in [0.15, 0.2) is 5.58 Å². The standard InChI is InChI=1S/C21H14BrN3O5/c1-11-2-5-19-17(6-11)24-21(30-19)15-4-3-13(8-18(15)26)23-10-12-7-14(25(28)29)9-16(22)20(12)27/h2-10,26-27H,1H3. The van der Waals surface area contributed by atoms with E-state index in [0.717, 1.165) is 5.56 Å². The van der Waals surface area contributed by atoms with Gasteiger partial charge in [0.2, 0.25) is 5.89 Å². The fourth-order valence-electron chi connectivity index (χ4n) is 2.89. The van der Waals surface area contributed by atoms with Crippen LogP contribution in [0, 0.1) is 17.0 Å². The van der Waals surface area contributed by atoms with Crippen LogP contribution in [0.5, 0.6) is 11.5 Å². The highest BCUT2D eigenvalue weighted by atomic mass is 79.9. The summed E-state index contributed by atoms with van der Waals surface area (Å²) in [5.74, 6) is 0.0215. The van der Waals surface area contributed by atoms with Crippen LogP contribution >= 0.6 is 15.9 Å². The predicted molar refractivity (Wildman–Crippen MR) is 116 cm³/mol. The van der Waals surface area contributed by atoms with E-state index in [1.165, 1.54) is 24.4 Å². The van der Waals surface area contributed by atoms with Crippen molar-refractivity contribution < 1.29 is 19.6 Å². The first-order chi connectivity index (χ1) is 14.3. The summed E-state index contributed by atoms with van der Waals surface area (Å²) in [6.07, 6.45) is 1.28. The van der Waals surface area contributed by atoms with E-state index in [-0.39, 0.29) is 33.1 Å². The van der Waals surface area contributed by atoms with E-state index in [4.69, 9.17) is 4.42 Å². The molecule has 150 valence electrons. The molecule has 0 aliphatic heterocycles. The number of phenolic OH excluding ortho intramolecular Hbond substituents is 2. The van der Waals surface area contributed by atoms with Crippen molar-refractivity contribution in [3.05, 3.63) is 74.2 Å². The van der Waals surface area contributed by atoms with E-state index in [1.807, 2.05) is 25.1 Å². The van der Waals surface area contributed by atoms with Gasteiger partial charge >= 0.3 is 0 Å². The van der Waals surface area contributed by atoms with Gasteiger partial charge in [0.25, 0.3) is 5.69 Å². The second-order valence-electron chi connectivity index (χ2n) is 6.57. The summed E-state index contributed by atoms with van der Waals surface area (Å²) in [7, 11) is 0. The third-order valence-electron chi connectivity index (χ3n) is 4.40. The van der Waals surface area contributed by atoms with E-state index < -0.39 is 4.92 Å². The fourth-order valence-corrected chi connectivity index (χ4v) is 3.35. The molecule has 1 heterocycles. The van der Waals surface area contributed by atoms with E-state index in [0.29, 0.717) is 22.4 Å². The molecule has 0 bridgehead atoms. The van der Waals surface area contributed by atoms with Gasteiger partial charge in [-0.2, -0.15) is 0 Å². The number of nitro benzene ring substituents is 1. The summed E-state index contributed by atoms with van der Waals surface area (Å²) in [4.78, 5) is 19.0. The molecule has 0 saturated heterocycles. The highest BCUT2D eigenvalue weighted by Crippen LogP contribution is 2.35. The lowest BCUT2D eigenvalue weighted by Gasteiger charge is -2.03. The summed E-state index contributed by atoms with van der Waals surface area (Å²) in [5.41, 5.74) is 3.11. The summed E-state index contributed by atoms with van der Waals surface area (Å²) >= 11 is 3.08. The molecule has 0 saturated carbocycles. The molecule has 0 atom stereocenters. The molecule has 0 unspecified atom stereocenters. The molecule has 3 aromatic carbocycles. The van der Waals surface area contributed by atoms with Crippen molar-refractivity contribution in [1.82, 2.24) is 4.98 Å². The number of rotatable bonds is 4. The van der Waals surface area contributed by atoms with Crippen molar-refractivity contribution in [3.63, 3.8) is 0 Å². The zero-order valence-electron chi connectivity index (χ0n) is 15.5. The second kappa shape index (κ2) is 7.60. The number of nitrogens with zero attached hydrogens (tertiary/aromatic N) is 3. The van der Waals surface area contributed by atoms with E-state index in [2.05, 4.69) is 25.9 Å². The van der Waals surface area contributed by atoms with Gasteiger partial charge in [-0.25, -0.2) is 4.98 Å². The molecule has 4 aromatic rings. The molecule has 0 amide bonds. The molecule has 2 N–H and O–H groups in total. The van der Waals surface area contributed by atoms with E-state index >= 15 is 0 Å². The highest BCUT2D eigenvalue weighted by molar-refractivity contribution is 9.10. The SMILES string of the molecule is Cc1ccc2oc(-c3ccc(N=Cc4cc([N+](=O)[O-])cc(Br)c4O)cc3O)nc2c1. The molecule has 1 aromatic heterocycles. The maximum Gasteiger partial charge on any atom is 0.271 e. The number of hydrogen-bond donors (Lipinski definition) is 2. The van der Waals surface area contributed by atoms with Crippen molar-refractivity contribution in [2.24, 2.45) is 4.99 Å². The topological polar surface area (TPSA) is 122 Å². The summed E-state index contributed by atoms with van der Waals surface area (Å²) in [6, 6.07) is 12.7. The van der Waals surface area contributed by atoms with Gasteiger partial charge in [0.1, 0.15) is 17.0 Å². The average molecular weight is 468 g/mol. The number of hydrogen-bond acceptors (Lipinski definition) is 7. The molecule has 0 aliphatic carbocycles. The van der Waals surface area contributed by atoms with Crippen LogP contribution in [0.25, 0.3) is 22.6 Å². The zero-order valence-corrected chi connectivity index (χ0v) is 17.1. The van der Waals surface area contributed by atoms with Crippen LogP contribution in [-0.2, 0) is 0 Å². The minimum Gasteiger partial charge on any atom is -0.507 e. The lowest BCUT2D eigenvalue weighted by Crippen LogP contribution is -1.91. The third-order valence-corrected chi connectivity index (χ3v) is 5.00. The Morgan fingerprint density at radius 2 is 1.97 bits per heavy atom. The lowest BCUT2D eigenvalue weighted by molar-refractivity contribution is -0.385. The van der Waals surface area contributed by atoms with Crippen molar-refractivity contribution in [2.45, 2.75) is 6.92 Å². The number of aryl methyl sites for hydroxylation is 1.